The van der Waals surface area contributed by atoms with Crippen molar-refractivity contribution >= 4 is 28.2 Å². The van der Waals surface area contributed by atoms with E-state index in [0.29, 0.717) is 12.8 Å². The highest BCUT2D eigenvalue weighted by molar-refractivity contribution is 8.45. The fourth-order valence-electron chi connectivity index (χ4n) is 2.46. The summed E-state index contributed by atoms with van der Waals surface area (Å²) in [6.45, 7) is 1.69. The zero-order chi connectivity index (χ0) is 24.9. The van der Waals surface area contributed by atoms with Gasteiger partial charge in [-0.05, 0) is 31.0 Å². The number of amides is 2. The maximum Gasteiger partial charge on any atom is 0.416 e. The zero-order valence-electron chi connectivity index (χ0n) is 16.5. The lowest BCUT2D eigenvalue weighted by Gasteiger charge is -2.40. The topological polar surface area (TPSA) is 88.9 Å². The van der Waals surface area contributed by atoms with E-state index in [1.54, 1.807) is 6.92 Å². The first-order valence-electron chi connectivity index (χ1n) is 8.93. The molecular formula is C17H15F8N5O2S. The van der Waals surface area contributed by atoms with Gasteiger partial charge in [0.2, 0.25) is 5.91 Å². The average Bonchev–Trinajstić information content (AvgIpc) is 3.24. The molecule has 33 heavy (non-hydrogen) atoms. The molecule has 0 atom stereocenters. The lowest BCUT2D eigenvalue weighted by atomic mass is 10.1. The molecule has 1 aliphatic carbocycles. The Morgan fingerprint density at radius 2 is 1.73 bits per heavy atom. The standard InChI is InChI=1S/C17H15F8N5O2S/c1-16(3-4-16)15(32)28-27-13(31)2-5-30-9-26-14(29-30)10-6-11(17(18,19)20)8-12(7-10)33(21,22,23,24)25/h2,5-9H,3-4H2,1H3,(H,27,31)(H,28,32). The second-order valence-electron chi connectivity index (χ2n) is 7.58. The second-order valence-corrected chi connectivity index (χ2v) is 9.99. The van der Waals surface area contributed by atoms with Crippen molar-refractivity contribution in [3.8, 4) is 11.4 Å². The Balaban J connectivity index is 1.82. The molecular weight excluding hydrogens is 490 g/mol. The van der Waals surface area contributed by atoms with Crippen molar-refractivity contribution in [2.45, 2.75) is 30.8 Å². The molecule has 0 aliphatic heterocycles. The maximum absolute atomic E-state index is 13.1. The minimum atomic E-state index is -10.4. The average molecular weight is 505 g/mol. The number of hydrogen-bond acceptors (Lipinski definition) is 4. The number of hydrazine groups is 1. The van der Waals surface area contributed by atoms with Crippen molar-refractivity contribution in [1.29, 1.82) is 0 Å². The summed E-state index contributed by atoms with van der Waals surface area (Å²) in [4.78, 5) is 24.2. The molecule has 3 rings (SSSR count). The van der Waals surface area contributed by atoms with Crippen LogP contribution in [0.15, 0.2) is 35.5 Å². The van der Waals surface area contributed by atoms with E-state index >= 15 is 0 Å². The van der Waals surface area contributed by atoms with Gasteiger partial charge in [-0.25, -0.2) is 9.67 Å². The highest BCUT2D eigenvalue weighted by atomic mass is 32.5. The molecule has 2 N–H and O–H groups in total. The van der Waals surface area contributed by atoms with Crippen LogP contribution in [-0.4, -0.2) is 26.6 Å². The molecule has 1 heterocycles. The molecule has 2 amide bonds. The molecule has 2 aromatic rings. The van der Waals surface area contributed by atoms with Crippen LogP contribution >= 0.6 is 10.2 Å². The number of halogens is 8. The Kier molecular flexibility index (Phi) is 5.13. The molecule has 182 valence electrons. The fourth-order valence-corrected chi connectivity index (χ4v) is 3.16. The van der Waals surface area contributed by atoms with Gasteiger partial charge in [-0.2, -0.15) is 13.2 Å². The van der Waals surface area contributed by atoms with Gasteiger partial charge in [0.15, 0.2) is 5.82 Å². The molecule has 1 fully saturated rings. The summed E-state index contributed by atoms with van der Waals surface area (Å²) < 4.78 is 105. The molecule has 7 nitrogen and oxygen atoms in total. The van der Waals surface area contributed by atoms with Gasteiger partial charge in [0, 0.05) is 23.3 Å². The summed E-state index contributed by atoms with van der Waals surface area (Å²) in [7, 11) is -10.4. The third-order valence-electron chi connectivity index (χ3n) is 4.67. The largest absolute Gasteiger partial charge is 0.416 e. The minimum absolute atomic E-state index is 0.180. The van der Waals surface area contributed by atoms with E-state index in [4.69, 9.17) is 0 Å². The normalized spacial score (nSPS) is 17.8. The van der Waals surface area contributed by atoms with Gasteiger partial charge >= 0.3 is 16.4 Å². The third-order valence-corrected chi connectivity index (χ3v) is 5.80. The van der Waals surface area contributed by atoms with Crippen LogP contribution in [0.3, 0.4) is 0 Å². The van der Waals surface area contributed by atoms with Crippen molar-refractivity contribution < 1.29 is 42.2 Å². The number of nitrogens with one attached hydrogen (secondary N) is 2. The van der Waals surface area contributed by atoms with Crippen LogP contribution in [0.2, 0.25) is 0 Å². The van der Waals surface area contributed by atoms with E-state index in [1.807, 2.05) is 0 Å². The van der Waals surface area contributed by atoms with Crippen molar-refractivity contribution in [2.24, 2.45) is 5.41 Å². The fraction of sp³-hybridized carbons (Fsp3) is 0.294. The van der Waals surface area contributed by atoms with Gasteiger partial charge in [-0.1, -0.05) is 26.4 Å². The van der Waals surface area contributed by atoms with Crippen LogP contribution in [0.5, 0.6) is 0 Å². The summed E-state index contributed by atoms with van der Waals surface area (Å²) >= 11 is 0. The maximum atomic E-state index is 13.1. The number of benzene rings is 1. The van der Waals surface area contributed by atoms with Crippen molar-refractivity contribution in [3.05, 3.63) is 36.2 Å². The van der Waals surface area contributed by atoms with Crippen LogP contribution < -0.4 is 10.9 Å². The molecule has 1 aromatic heterocycles. The van der Waals surface area contributed by atoms with E-state index in [9.17, 15) is 42.2 Å². The molecule has 0 unspecified atom stereocenters. The summed E-state index contributed by atoms with van der Waals surface area (Å²) in [6.07, 6.45) is -1.45. The van der Waals surface area contributed by atoms with Crippen molar-refractivity contribution in [2.75, 3.05) is 0 Å². The summed E-state index contributed by atoms with van der Waals surface area (Å²) in [5, 5.41) is 3.57. The third kappa shape index (κ3) is 6.00. The number of rotatable bonds is 5. The highest BCUT2D eigenvalue weighted by Gasteiger charge is 2.66. The summed E-state index contributed by atoms with van der Waals surface area (Å²) in [6, 6.07) is -0.666. The summed E-state index contributed by atoms with van der Waals surface area (Å²) in [5.41, 5.74) is 0.777. The zero-order valence-corrected chi connectivity index (χ0v) is 17.3. The van der Waals surface area contributed by atoms with Gasteiger partial charge in [-0.15, -0.1) is 5.10 Å². The van der Waals surface area contributed by atoms with Crippen molar-refractivity contribution in [3.63, 3.8) is 0 Å². The molecule has 0 bridgehead atoms. The van der Waals surface area contributed by atoms with Crippen LogP contribution in [0.1, 0.15) is 25.3 Å². The van der Waals surface area contributed by atoms with Gasteiger partial charge in [0.25, 0.3) is 5.91 Å². The molecule has 0 radical (unpaired) electrons. The predicted molar refractivity (Wildman–Crippen MR) is 101 cm³/mol. The van der Waals surface area contributed by atoms with Gasteiger partial charge in [-0.3, -0.25) is 20.4 Å². The van der Waals surface area contributed by atoms with E-state index < -0.39 is 61.5 Å². The Morgan fingerprint density at radius 3 is 2.27 bits per heavy atom. The number of alkyl halides is 3. The van der Waals surface area contributed by atoms with Crippen molar-refractivity contribution in [1.82, 2.24) is 25.6 Å². The smallest absolute Gasteiger partial charge is 0.273 e. The molecule has 16 heteroatoms. The lowest BCUT2D eigenvalue weighted by Crippen LogP contribution is -2.44. The Morgan fingerprint density at radius 1 is 1.09 bits per heavy atom. The monoisotopic (exact) mass is 505 g/mol. The second kappa shape index (κ2) is 6.91. The van der Waals surface area contributed by atoms with E-state index in [2.05, 4.69) is 20.9 Å². The number of carbonyl (C=O) groups excluding carboxylic acids is 2. The van der Waals surface area contributed by atoms with E-state index in [-0.39, 0.29) is 12.1 Å². The first-order valence-corrected chi connectivity index (χ1v) is 10.9. The SMILES string of the molecule is CC1(C(=O)NNC(=O)C=Cn2cnc(-c3cc(C(F)(F)F)cc(S(F)(F)(F)(F)F)c3)n2)CC1. The number of carbonyl (C=O) groups is 2. The van der Waals surface area contributed by atoms with Crippen LogP contribution in [0.25, 0.3) is 17.6 Å². The van der Waals surface area contributed by atoms with Gasteiger partial charge in [0.05, 0.1) is 5.56 Å². The first-order chi connectivity index (χ1) is 14.8. The molecule has 0 spiro atoms. The van der Waals surface area contributed by atoms with Crippen LogP contribution in [0, 0.1) is 5.41 Å². The number of nitrogens with zero attached hydrogens (tertiary/aromatic N) is 3. The van der Waals surface area contributed by atoms with Gasteiger partial charge < -0.3 is 0 Å². The number of hydrogen-bond donors (Lipinski definition) is 2. The number of aromatic nitrogens is 3. The van der Waals surface area contributed by atoms with E-state index in [1.165, 1.54) is 0 Å². The minimum Gasteiger partial charge on any atom is -0.273 e. The predicted octanol–water partition coefficient (Wildman–Crippen LogP) is 5.04. The Hall–Kier alpha value is -3.17. The van der Waals surface area contributed by atoms with Crippen LogP contribution in [0.4, 0.5) is 32.6 Å². The Bertz CT molecular complexity index is 1150. The quantitative estimate of drug-likeness (QED) is 0.339. The molecule has 1 saturated carbocycles. The highest BCUT2D eigenvalue weighted by Crippen LogP contribution is 3.02. The Labute approximate surface area is 180 Å². The van der Waals surface area contributed by atoms with Gasteiger partial charge in [0.1, 0.15) is 11.2 Å². The van der Waals surface area contributed by atoms with E-state index in [0.717, 1.165) is 23.3 Å². The van der Waals surface area contributed by atoms with Crippen LogP contribution in [-0.2, 0) is 15.8 Å². The molecule has 1 aliphatic rings. The lowest BCUT2D eigenvalue weighted by molar-refractivity contribution is -0.137. The molecule has 1 aromatic carbocycles. The molecule has 0 saturated heterocycles. The first kappa shape index (κ1) is 24.5. The summed E-state index contributed by atoms with van der Waals surface area (Å²) in [5.74, 6) is -1.97.